The van der Waals surface area contributed by atoms with Gasteiger partial charge in [-0.1, -0.05) is 24.3 Å². The van der Waals surface area contributed by atoms with Gasteiger partial charge in [0.05, 0.1) is 6.61 Å². The summed E-state index contributed by atoms with van der Waals surface area (Å²) in [7, 11) is 0. The van der Waals surface area contributed by atoms with E-state index in [-0.39, 0.29) is 12.6 Å². The van der Waals surface area contributed by atoms with Crippen molar-refractivity contribution in [3.8, 4) is 0 Å². The van der Waals surface area contributed by atoms with E-state index in [1.807, 2.05) is 4.90 Å². The lowest BCUT2D eigenvalue weighted by Crippen LogP contribution is -2.52. The minimum Gasteiger partial charge on any atom is -0.395 e. The molecule has 27 heavy (non-hydrogen) atoms. The number of rotatable bonds is 6. The molecule has 0 aliphatic carbocycles. The van der Waals surface area contributed by atoms with Gasteiger partial charge in [0.2, 0.25) is 0 Å². The van der Waals surface area contributed by atoms with Gasteiger partial charge in [-0.2, -0.15) is 0 Å². The summed E-state index contributed by atoms with van der Waals surface area (Å²) in [5.74, 6) is 0.497. The number of β-amino-alcohol motifs (C(OH)–C–C–N with tert-alkyl or cyclic N) is 1. The lowest BCUT2D eigenvalue weighted by Gasteiger charge is -2.36. The predicted octanol–water partition coefficient (Wildman–Crippen LogP) is 1.53. The Morgan fingerprint density at radius 2 is 1.93 bits per heavy atom. The van der Waals surface area contributed by atoms with Gasteiger partial charge < -0.3 is 20.2 Å². The quantitative estimate of drug-likeness (QED) is 0.793. The van der Waals surface area contributed by atoms with Gasteiger partial charge in [0.15, 0.2) is 0 Å². The summed E-state index contributed by atoms with van der Waals surface area (Å²) in [4.78, 5) is 19.2. The van der Waals surface area contributed by atoms with E-state index in [1.165, 1.54) is 11.1 Å². The van der Waals surface area contributed by atoms with E-state index in [1.54, 1.807) is 0 Å². The van der Waals surface area contributed by atoms with Crippen LogP contribution in [0.5, 0.6) is 0 Å². The number of carbonyl (C=O) groups is 1. The van der Waals surface area contributed by atoms with Crippen LogP contribution in [0, 0.1) is 12.8 Å². The van der Waals surface area contributed by atoms with Crippen LogP contribution in [0.25, 0.3) is 0 Å². The van der Waals surface area contributed by atoms with Crippen LogP contribution >= 0.6 is 0 Å². The van der Waals surface area contributed by atoms with Crippen molar-refractivity contribution in [1.29, 1.82) is 0 Å². The van der Waals surface area contributed by atoms with Crippen molar-refractivity contribution in [2.45, 2.75) is 26.3 Å². The minimum absolute atomic E-state index is 0.0739. The number of nitrogens with one attached hydrogen (secondary N) is 1. The van der Waals surface area contributed by atoms with Gasteiger partial charge in [-0.05, 0) is 43.4 Å². The Bertz CT molecular complexity index is 600. The molecule has 2 saturated heterocycles. The summed E-state index contributed by atoms with van der Waals surface area (Å²) in [6.07, 6.45) is 2.31. The number of hydrogen-bond donors (Lipinski definition) is 2. The van der Waals surface area contributed by atoms with Crippen LogP contribution < -0.4 is 5.32 Å². The second-order valence-electron chi connectivity index (χ2n) is 7.91. The van der Waals surface area contributed by atoms with Crippen LogP contribution in [-0.2, 0) is 6.54 Å². The molecule has 2 amide bonds. The van der Waals surface area contributed by atoms with E-state index in [0.29, 0.717) is 5.92 Å². The SMILES string of the molecule is Cc1ccccc1CN1CCN(C(=O)NCC2CCCN(CCO)C2)CC1. The van der Waals surface area contributed by atoms with E-state index < -0.39 is 0 Å². The molecule has 2 N–H and O–H groups in total. The van der Waals surface area contributed by atoms with Crippen LogP contribution in [0.1, 0.15) is 24.0 Å². The second kappa shape index (κ2) is 10.1. The number of aryl methyl sites for hydroxylation is 1. The molecular weight excluding hydrogens is 340 g/mol. The summed E-state index contributed by atoms with van der Waals surface area (Å²) in [5, 5.41) is 12.2. The maximum Gasteiger partial charge on any atom is 0.317 e. The number of nitrogens with zero attached hydrogens (tertiary/aromatic N) is 3. The molecule has 1 atom stereocenters. The van der Waals surface area contributed by atoms with Crippen molar-refractivity contribution >= 4 is 6.03 Å². The summed E-state index contributed by atoms with van der Waals surface area (Å²) in [5.41, 5.74) is 2.71. The van der Waals surface area contributed by atoms with Crippen LogP contribution in [0.4, 0.5) is 4.79 Å². The Labute approximate surface area is 163 Å². The average Bonchev–Trinajstić information content (AvgIpc) is 2.69. The third kappa shape index (κ3) is 5.92. The summed E-state index contributed by atoms with van der Waals surface area (Å²) >= 11 is 0. The number of carbonyl (C=O) groups excluding carboxylic acids is 1. The van der Waals surface area contributed by atoms with Crippen molar-refractivity contribution in [2.24, 2.45) is 5.92 Å². The molecule has 2 aliphatic rings. The van der Waals surface area contributed by atoms with E-state index >= 15 is 0 Å². The van der Waals surface area contributed by atoms with Gasteiger partial charge in [0, 0.05) is 52.4 Å². The molecular formula is C21H34N4O2. The molecule has 1 aromatic carbocycles. The van der Waals surface area contributed by atoms with Crippen molar-refractivity contribution in [1.82, 2.24) is 20.0 Å². The number of urea groups is 1. The Balaban J connectivity index is 1.38. The lowest BCUT2D eigenvalue weighted by molar-refractivity contribution is 0.125. The van der Waals surface area contributed by atoms with Gasteiger partial charge in [-0.25, -0.2) is 4.79 Å². The second-order valence-corrected chi connectivity index (χ2v) is 7.91. The molecule has 1 unspecified atom stereocenters. The molecule has 0 bridgehead atoms. The fourth-order valence-corrected chi connectivity index (χ4v) is 4.14. The highest BCUT2D eigenvalue weighted by molar-refractivity contribution is 5.74. The zero-order valence-corrected chi connectivity index (χ0v) is 16.6. The van der Waals surface area contributed by atoms with E-state index in [4.69, 9.17) is 5.11 Å². The third-order valence-electron chi connectivity index (χ3n) is 5.88. The first-order valence-electron chi connectivity index (χ1n) is 10.3. The standard InChI is InChI=1S/C21H34N4O2/c1-18-5-2-3-7-20(18)17-24-9-11-25(12-10-24)21(27)22-15-19-6-4-8-23(16-19)13-14-26/h2-3,5,7,19,26H,4,6,8-17H2,1H3,(H,22,27). The van der Waals surface area contributed by atoms with Crippen LogP contribution in [-0.4, -0.2) is 84.8 Å². The molecule has 1 aromatic rings. The van der Waals surface area contributed by atoms with Gasteiger partial charge in [0.1, 0.15) is 0 Å². The number of benzene rings is 1. The molecule has 2 aliphatic heterocycles. The highest BCUT2D eigenvalue weighted by Crippen LogP contribution is 2.16. The van der Waals surface area contributed by atoms with E-state index in [9.17, 15) is 4.79 Å². The number of piperidine rings is 1. The Morgan fingerprint density at radius 3 is 2.67 bits per heavy atom. The van der Waals surface area contributed by atoms with Crippen molar-refractivity contribution in [2.75, 3.05) is 59.0 Å². The van der Waals surface area contributed by atoms with Crippen molar-refractivity contribution < 1.29 is 9.90 Å². The first kappa shape index (κ1) is 20.1. The largest absolute Gasteiger partial charge is 0.395 e. The minimum atomic E-state index is 0.0739. The first-order valence-corrected chi connectivity index (χ1v) is 10.3. The maximum atomic E-state index is 12.5. The predicted molar refractivity (Wildman–Crippen MR) is 108 cm³/mol. The van der Waals surface area contributed by atoms with Crippen molar-refractivity contribution in [3.05, 3.63) is 35.4 Å². The number of amides is 2. The molecule has 3 rings (SSSR count). The molecule has 0 radical (unpaired) electrons. The molecule has 150 valence electrons. The monoisotopic (exact) mass is 374 g/mol. The number of piperazine rings is 1. The van der Waals surface area contributed by atoms with Gasteiger partial charge in [-0.3, -0.25) is 4.90 Å². The molecule has 2 heterocycles. The van der Waals surface area contributed by atoms with Crippen LogP contribution in [0.3, 0.4) is 0 Å². The smallest absolute Gasteiger partial charge is 0.317 e. The normalized spacial score (nSPS) is 22.0. The summed E-state index contributed by atoms with van der Waals surface area (Å²) in [6, 6.07) is 8.60. The maximum absolute atomic E-state index is 12.5. The van der Waals surface area contributed by atoms with Gasteiger partial charge >= 0.3 is 6.03 Å². The van der Waals surface area contributed by atoms with Crippen LogP contribution in [0.2, 0.25) is 0 Å². The Kier molecular flexibility index (Phi) is 7.50. The highest BCUT2D eigenvalue weighted by Gasteiger charge is 2.24. The summed E-state index contributed by atoms with van der Waals surface area (Å²) in [6.45, 7) is 10.3. The molecule has 0 aromatic heterocycles. The molecule has 0 spiro atoms. The zero-order valence-electron chi connectivity index (χ0n) is 16.6. The number of likely N-dealkylation sites (tertiary alicyclic amines) is 1. The first-order chi connectivity index (χ1) is 13.2. The zero-order chi connectivity index (χ0) is 19.1. The fraction of sp³-hybridized carbons (Fsp3) is 0.667. The van der Waals surface area contributed by atoms with Crippen molar-refractivity contribution in [3.63, 3.8) is 0 Å². The molecule has 2 fully saturated rings. The highest BCUT2D eigenvalue weighted by atomic mass is 16.3. The van der Waals surface area contributed by atoms with Crippen LogP contribution in [0.15, 0.2) is 24.3 Å². The number of hydrogen-bond acceptors (Lipinski definition) is 4. The summed E-state index contributed by atoms with van der Waals surface area (Å²) < 4.78 is 0. The van der Waals surface area contributed by atoms with E-state index in [0.717, 1.165) is 71.7 Å². The topological polar surface area (TPSA) is 59.0 Å². The third-order valence-corrected chi connectivity index (χ3v) is 5.88. The van der Waals surface area contributed by atoms with E-state index in [2.05, 4.69) is 46.3 Å². The Morgan fingerprint density at radius 1 is 1.15 bits per heavy atom. The Hall–Kier alpha value is -1.63. The molecule has 0 saturated carbocycles. The van der Waals surface area contributed by atoms with Gasteiger partial charge in [-0.15, -0.1) is 0 Å². The average molecular weight is 375 g/mol. The molecule has 6 heteroatoms. The number of aliphatic hydroxyl groups excluding tert-OH is 1. The molecule has 6 nitrogen and oxygen atoms in total. The lowest BCUT2D eigenvalue weighted by atomic mass is 9.98. The fourth-order valence-electron chi connectivity index (χ4n) is 4.14. The van der Waals surface area contributed by atoms with Gasteiger partial charge in [0.25, 0.3) is 0 Å². The number of aliphatic hydroxyl groups is 1.